The van der Waals surface area contributed by atoms with Crippen molar-refractivity contribution in [1.82, 2.24) is 0 Å². The van der Waals surface area contributed by atoms with Gasteiger partial charge in [-0.2, -0.15) is 0 Å². The molecule has 1 aromatic carbocycles. The molecule has 0 spiro atoms. The van der Waals surface area contributed by atoms with Gasteiger partial charge in [0.2, 0.25) is 0 Å². The smallest absolute Gasteiger partial charge is 0.191 e. The van der Waals surface area contributed by atoms with Crippen LogP contribution in [0.5, 0.6) is 11.5 Å². The molecule has 1 saturated heterocycles. The van der Waals surface area contributed by atoms with Crippen molar-refractivity contribution in [2.75, 3.05) is 7.11 Å². The standard InChI is InChI=1S/C17H24O4Si/c1-19-13-5-4-6-14-11(13)9-12-15-7-8-16(18)17(12,20-14)10-22(2,3)21-15/h4-6,12,15-16,18H,7-10H2,1-3H3/t12-,15-,16+,17+/m0/s1. The van der Waals surface area contributed by atoms with Crippen molar-refractivity contribution < 1.29 is 19.0 Å². The van der Waals surface area contributed by atoms with E-state index in [2.05, 4.69) is 13.1 Å². The molecule has 22 heavy (non-hydrogen) atoms. The molecule has 4 nitrogen and oxygen atoms in total. The number of hydrogen-bond acceptors (Lipinski definition) is 4. The lowest BCUT2D eigenvalue weighted by molar-refractivity contribution is -0.166. The molecule has 1 N–H and O–H groups in total. The number of methoxy groups -OCH3 is 1. The van der Waals surface area contributed by atoms with E-state index in [1.54, 1.807) is 7.11 Å². The van der Waals surface area contributed by atoms with E-state index in [9.17, 15) is 5.11 Å². The van der Waals surface area contributed by atoms with Gasteiger partial charge in [0, 0.05) is 17.5 Å². The maximum Gasteiger partial charge on any atom is 0.191 e. The molecule has 1 saturated carbocycles. The fourth-order valence-electron chi connectivity index (χ4n) is 4.78. The van der Waals surface area contributed by atoms with Gasteiger partial charge in [0.15, 0.2) is 8.32 Å². The van der Waals surface area contributed by atoms with E-state index in [0.717, 1.165) is 42.4 Å². The van der Waals surface area contributed by atoms with Crippen molar-refractivity contribution in [3.8, 4) is 11.5 Å². The minimum atomic E-state index is -1.81. The Labute approximate surface area is 132 Å². The summed E-state index contributed by atoms with van der Waals surface area (Å²) in [5.41, 5.74) is 0.658. The Hall–Kier alpha value is -1.04. The minimum Gasteiger partial charge on any atom is -0.496 e. The van der Waals surface area contributed by atoms with Gasteiger partial charge in [-0.15, -0.1) is 0 Å². The van der Waals surface area contributed by atoms with Crippen LogP contribution >= 0.6 is 0 Å². The van der Waals surface area contributed by atoms with Crippen LogP contribution in [0, 0.1) is 5.92 Å². The predicted molar refractivity (Wildman–Crippen MR) is 85.9 cm³/mol. The normalized spacial score (nSPS) is 38.5. The first-order valence-electron chi connectivity index (χ1n) is 8.16. The van der Waals surface area contributed by atoms with Crippen molar-refractivity contribution >= 4 is 8.32 Å². The molecule has 0 unspecified atom stereocenters. The van der Waals surface area contributed by atoms with Gasteiger partial charge < -0.3 is 19.0 Å². The van der Waals surface area contributed by atoms with Gasteiger partial charge in [0.1, 0.15) is 17.1 Å². The second-order valence-corrected chi connectivity index (χ2v) is 11.6. The van der Waals surface area contributed by atoms with Crippen LogP contribution in [0.4, 0.5) is 0 Å². The van der Waals surface area contributed by atoms with Crippen molar-refractivity contribution in [1.29, 1.82) is 0 Å². The summed E-state index contributed by atoms with van der Waals surface area (Å²) in [6, 6.07) is 6.81. The fraction of sp³-hybridized carbons (Fsp3) is 0.647. The zero-order chi connectivity index (χ0) is 15.5. The van der Waals surface area contributed by atoms with Gasteiger partial charge in [0.05, 0.1) is 19.3 Å². The summed E-state index contributed by atoms with van der Waals surface area (Å²) in [7, 11) is -0.108. The maximum absolute atomic E-state index is 10.8. The van der Waals surface area contributed by atoms with Gasteiger partial charge in [0.25, 0.3) is 0 Å². The van der Waals surface area contributed by atoms with Gasteiger partial charge in [-0.25, -0.2) is 0 Å². The molecular weight excluding hydrogens is 296 g/mol. The molecule has 1 aliphatic carbocycles. The van der Waals surface area contributed by atoms with E-state index in [0.29, 0.717) is 0 Å². The Morgan fingerprint density at radius 3 is 2.91 bits per heavy atom. The SMILES string of the molecule is COc1cccc2c1C[C@H]1[C@@H]3CC[C@@H](O)[C@]1(C[Si](C)(C)O3)O2. The van der Waals surface area contributed by atoms with E-state index >= 15 is 0 Å². The lowest BCUT2D eigenvalue weighted by atomic mass is 9.68. The number of aliphatic hydroxyl groups excluding tert-OH is 1. The van der Waals surface area contributed by atoms with Crippen LogP contribution in [0.2, 0.25) is 19.1 Å². The summed E-state index contributed by atoms with van der Waals surface area (Å²) in [6.07, 6.45) is 2.37. The topological polar surface area (TPSA) is 47.9 Å². The quantitative estimate of drug-likeness (QED) is 0.808. The highest BCUT2D eigenvalue weighted by molar-refractivity contribution is 6.71. The first-order valence-corrected chi connectivity index (χ1v) is 11.3. The third-order valence-electron chi connectivity index (χ3n) is 5.57. The Morgan fingerprint density at radius 1 is 1.32 bits per heavy atom. The number of hydrogen-bond donors (Lipinski definition) is 1. The summed E-state index contributed by atoms with van der Waals surface area (Å²) >= 11 is 0. The van der Waals surface area contributed by atoms with E-state index in [4.69, 9.17) is 13.9 Å². The van der Waals surface area contributed by atoms with E-state index in [1.165, 1.54) is 0 Å². The predicted octanol–water partition coefficient (Wildman–Crippen LogP) is 2.74. The van der Waals surface area contributed by atoms with Crippen LogP contribution in [-0.4, -0.2) is 38.3 Å². The van der Waals surface area contributed by atoms with Crippen molar-refractivity contribution in [2.24, 2.45) is 5.92 Å². The van der Waals surface area contributed by atoms with Crippen LogP contribution in [0.25, 0.3) is 0 Å². The number of fused-ring (bicyclic) bond motifs is 1. The fourth-order valence-corrected chi connectivity index (χ4v) is 7.86. The van der Waals surface area contributed by atoms with Crippen LogP contribution in [0.1, 0.15) is 18.4 Å². The van der Waals surface area contributed by atoms with Crippen molar-refractivity contribution in [3.05, 3.63) is 23.8 Å². The summed E-state index contributed by atoms with van der Waals surface area (Å²) in [4.78, 5) is 0. The molecule has 120 valence electrons. The first kappa shape index (κ1) is 14.5. The van der Waals surface area contributed by atoms with E-state index in [-0.39, 0.29) is 12.0 Å². The van der Waals surface area contributed by atoms with Crippen LogP contribution < -0.4 is 9.47 Å². The third kappa shape index (κ3) is 1.95. The molecule has 5 heteroatoms. The highest BCUT2D eigenvalue weighted by Gasteiger charge is 2.62. The Morgan fingerprint density at radius 2 is 2.14 bits per heavy atom. The maximum atomic E-state index is 10.8. The molecule has 0 amide bonds. The molecule has 3 aliphatic rings. The van der Waals surface area contributed by atoms with Gasteiger partial charge in [-0.3, -0.25) is 0 Å². The average molecular weight is 320 g/mol. The monoisotopic (exact) mass is 320 g/mol. The molecule has 4 atom stereocenters. The molecule has 2 fully saturated rings. The lowest BCUT2D eigenvalue weighted by Crippen LogP contribution is -2.70. The van der Waals surface area contributed by atoms with E-state index < -0.39 is 20.0 Å². The van der Waals surface area contributed by atoms with Crippen molar-refractivity contribution in [2.45, 2.75) is 56.2 Å². The average Bonchev–Trinajstić information content (AvgIpc) is 2.47. The Bertz CT molecular complexity index is 602. The zero-order valence-corrected chi connectivity index (χ0v) is 14.5. The zero-order valence-electron chi connectivity index (χ0n) is 13.5. The number of benzene rings is 1. The molecule has 0 radical (unpaired) electrons. The molecule has 2 aliphatic heterocycles. The minimum absolute atomic E-state index is 0.205. The third-order valence-corrected chi connectivity index (χ3v) is 7.92. The summed E-state index contributed by atoms with van der Waals surface area (Å²) < 4.78 is 18.5. The molecular formula is C17H24O4Si. The highest BCUT2D eigenvalue weighted by atomic mass is 28.4. The molecule has 4 rings (SSSR count). The first-order chi connectivity index (χ1) is 10.5. The Kier molecular flexibility index (Phi) is 3.12. The number of rotatable bonds is 1. The van der Waals surface area contributed by atoms with E-state index in [1.807, 2.05) is 18.2 Å². The molecule has 2 heterocycles. The molecule has 0 aromatic heterocycles. The summed E-state index contributed by atoms with van der Waals surface area (Å²) in [5, 5.41) is 10.8. The summed E-state index contributed by atoms with van der Waals surface area (Å²) in [6.45, 7) is 4.47. The lowest BCUT2D eigenvalue weighted by Gasteiger charge is -2.59. The van der Waals surface area contributed by atoms with Crippen LogP contribution in [0.3, 0.4) is 0 Å². The summed E-state index contributed by atoms with van der Waals surface area (Å²) in [5.74, 6) is 1.98. The second kappa shape index (κ2) is 4.73. The van der Waals surface area contributed by atoms with Gasteiger partial charge in [-0.05, 0) is 44.5 Å². The van der Waals surface area contributed by atoms with Crippen LogP contribution in [0.15, 0.2) is 18.2 Å². The number of aliphatic hydroxyl groups is 1. The largest absolute Gasteiger partial charge is 0.496 e. The van der Waals surface area contributed by atoms with Gasteiger partial charge in [-0.1, -0.05) is 6.07 Å². The van der Waals surface area contributed by atoms with Crippen LogP contribution in [-0.2, 0) is 10.8 Å². The van der Waals surface area contributed by atoms with Crippen molar-refractivity contribution in [3.63, 3.8) is 0 Å². The second-order valence-electron chi connectivity index (χ2n) is 7.49. The number of ether oxygens (including phenoxy) is 2. The van der Waals surface area contributed by atoms with Gasteiger partial charge >= 0.3 is 0 Å². The highest BCUT2D eigenvalue weighted by Crippen LogP contribution is 2.54. The Balaban J connectivity index is 1.82. The molecule has 1 aromatic rings. The molecule has 2 bridgehead atoms.